The van der Waals surface area contributed by atoms with Crippen molar-refractivity contribution in [2.75, 3.05) is 0 Å². The van der Waals surface area contributed by atoms with E-state index in [1.54, 1.807) is 66.7 Å². The number of hydrogen-bond acceptors (Lipinski definition) is 8. The fourth-order valence-corrected chi connectivity index (χ4v) is 2.96. The van der Waals surface area contributed by atoms with Gasteiger partial charge in [0.25, 0.3) is 0 Å². The van der Waals surface area contributed by atoms with Gasteiger partial charge in [0, 0.05) is 0 Å². The van der Waals surface area contributed by atoms with Crippen LogP contribution in [0.3, 0.4) is 0 Å². The van der Waals surface area contributed by atoms with Crippen molar-refractivity contribution in [1.82, 2.24) is 0 Å². The molecule has 0 aromatic heterocycles. The van der Waals surface area contributed by atoms with Gasteiger partial charge in [-0.1, -0.05) is 63.2 Å². The quantitative estimate of drug-likeness (QED) is 0.284. The molecule has 0 spiro atoms. The van der Waals surface area contributed by atoms with Crippen LogP contribution in [-0.2, 0) is 26.3 Å². The zero-order valence-corrected chi connectivity index (χ0v) is 20.6. The summed E-state index contributed by atoms with van der Waals surface area (Å²) in [5.41, 5.74) is 1.75. The molecule has 0 aliphatic carbocycles. The van der Waals surface area contributed by atoms with Gasteiger partial charge in [0.05, 0.1) is 0 Å². The van der Waals surface area contributed by atoms with Crippen molar-refractivity contribution in [2.24, 2.45) is 0 Å². The summed E-state index contributed by atoms with van der Waals surface area (Å²) in [4.78, 5) is 36.0. The van der Waals surface area contributed by atoms with Gasteiger partial charge in [-0.15, -0.1) is 0 Å². The largest absolute Gasteiger partial charge is 0.519 e. The molecule has 3 aromatic rings. The number of ether oxygens (including phenoxy) is 5. The molecule has 0 bridgehead atoms. The maximum atomic E-state index is 12.1. The smallest absolute Gasteiger partial charge is 0.458 e. The molecule has 3 aromatic carbocycles. The van der Waals surface area contributed by atoms with Crippen LogP contribution in [0.15, 0.2) is 78.9 Å². The third-order valence-corrected chi connectivity index (χ3v) is 4.98. The number of para-hydroxylation sites is 1. The van der Waals surface area contributed by atoms with Crippen LogP contribution in [0.25, 0.3) is 0 Å². The first-order valence-corrected chi connectivity index (χ1v) is 11.3. The van der Waals surface area contributed by atoms with Crippen molar-refractivity contribution in [1.29, 1.82) is 0 Å². The van der Waals surface area contributed by atoms with Crippen molar-refractivity contribution in [2.45, 2.75) is 45.8 Å². The van der Waals surface area contributed by atoms with E-state index in [4.69, 9.17) is 23.7 Å². The molecule has 0 aliphatic rings. The molecule has 3 rings (SSSR count). The first kappa shape index (κ1) is 26.3. The molecule has 8 nitrogen and oxygen atoms in total. The van der Waals surface area contributed by atoms with E-state index < -0.39 is 24.4 Å². The molecule has 0 saturated heterocycles. The van der Waals surface area contributed by atoms with Crippen LogP contribution in [0, 0.1) is 0 Å². The minimum absolute atomic E-state index is 0.00557. The molecule has 1 unspecified atom stereocenters. The highest BCUT2D eigenvalue weighted by atomic mass is 16.7. The molecule has 0 aliphatic heterocycles. The first-order valence-electron chi connectivity index (χ1n) is 11.3. The van der Waals surface area contributed by atoms with Crippen LogP contribution >= 0.6 is 0 Å². The van der Waals surface area contributed by atoms with E-state index in [9.17, 15) is 14.4 Å². The van der Waals surface area contributed by atoms with Gasteiger partial charge < -0.3 is 23.7 Å². The Balaban J connectivity index is 1.42. The van der Waals surface area contributed by atoms with E-state index in [-0.39, 0.29) is 17.8 Å². The van der Waals surface area contributed by atoms with Crippen molar-refractivity contribution in [3.05, 3.63) is 90.0 Å². The summed E-state index contributed by atoms with van der Waals surface area (Å²) in [5, 5.41) is 0. The number of hydrogen-bond donors (Lipinski definition) is 0. The van der Waals surface area contributed by atoms with Crippen molar-refractivity contribution >= 4 is 18.3 Å². The van der Waals surface area contributed by atoms with Gasteiger partial charge in [-0.05, 0) is 59.9 Å². The van der Waals surface area contributed by atoms with Crippen molar-refractivity contribution < 1.29 is 38.1 Å². The Bertz CT molecular complexity index is 1160. The van der Waals surface area contributed by atoms with Gasteiger partial charge in [-0.25, -0.2) is 14.4 Å². The standard InChI is InChI=1S/C28H28O8/c1-19(33-26(30)34-22-8-6-5-7-9-22)25(29)32-18-20-10-14-23(15-11-20)35-27(31)36-24-16-12-21(13-17-24)28(2,3)4/h5-17,19H,18H2,1-4H3. The average molecular weight is 493 g/mol. The van der Waals surface area contributed by atoms with E-state index in [0.717, 1.165) is 5.56 Å². The van der Waals surface area contributed by atoms with Crippen LogP contribution in [0.1, 0.15) is 38.8 Å². The minimum atomic E-state index is -1.16. The average Bonchev–Trinajstić information content (AvgIpc) is 2.83. The second kappa shape index (κ2) is 11.9. The van der Waals surface area contributed by atoms with Gasteiger partial charge in [-0.3, -0.25) is 0 Å². The lowest BCUT2D eigenvalue weighted by Gasteiger charge is -2.18. The summed E-state index contributed by atoms with van der Waals surface area (Å²) in [6.07, 6.45) is -3.04. The van der Waals surface area contributed by atoms with E-state index >= 15 is 0 Å². The fraction of sp³-hybridized carbons (Fsp3) is 0.250. The lowest BCUT2D eigenvalue weighted by atomic mass is 9.87. The zero-order valence-electron chi connectivity index (χ0n) is 20.6. The molecular weight excluding hydrogens is 464 g/mol. The molecule has 0 amide bonds. The number of rotatable bonds is 7. The normalized spacial score (nSPS) is 11.7. The van der Waals surface area contributed by atoms with Gasteiger partial charge in [0.15, 0.2) is 6.10 Å². The van der Waals surface area contributed by atoms with E-state index in [1.807, 2.05) is 12.1 Å². The van der Waals surface area contributed by atoms with Gasteiger partial charge in [-0.2, -0.15) is 0 Å². The molecule has 0 radical (unpaired) electrons. The zero-order chi connectivity index (χ0) is 26.1. The topological polar surface area (TPSA) is 97.4 Å². The summed E-state index contributed by atoms with van der Waals surface area (Å²) in [6, 6.07) is 21.9. The number of benzene rings is 3. The molecule has 0 heterocycles. The first-order chi connectivity index (χ1) is 17.1. The fourth-order valence-electron chi connectivity index (χ4n) is 2.96. The van der Waals surface area contributed by atoms with E-state index in [1.165, 1.54) is 6.92 Å². The maximum Gasteiger partial charge on any atom is 0.519 e. The SMILES string of the molecule is CC(OC(=O)Oc1ccccc1)C(=O)OCc1ccc(OC(=O)Oc2ccc(C(C)(C)C)cc2)cc1. The molecule has 8 heteroatoms. The second-order valence-electron chi connectivity index (χ2n) is 8.91. The highest BCUT2D eigenvalue weighted by molar-refractivity contribution is 5.77. The van der Waals surface area contributed by atoms with Crippen LogP contribution in [-0.4, -0.2) is 24.4 Å². The second-order valence-corrected chi connectivity index (χ2v) is 8.91. The summed E-state index contributed by atoms with van der Waals surface area (Å²) in [5.74, 6) is 0.205. The Labute approximate surface area is 209 Å². The van der Waals surface area contributed by atoms with E-state index in [0.29, 0.717) is 17.1 Å². The van der Waals surface area contributed by atoms with E-state index in [2.05, 4.69) is 20.8 Å². The molecule has 0 saturated carbocycles. The summed E-state index contributed by atoms with van der Waals surface area (Å²) in [7, 11) is 0. The molecule has 0 N–H and O–H groups in total. The van der Waals surface area contributed by atoms with Crippen LogP contribution in [0.4, 0.5) is 9.59 Å². The molecule has 0 fully saturated rings. The van der Waals surface area contributed by atoms with Gasteiger partial charge >= 0.3 is 18.3 Å². The van der Waals surface area contributed by atoms with Crippen LogP contribution < -0.4 is 14.2 Å². The number of esters is 1. The molecular formula is C28H28O8. The minimum Gasteiger partial charge on any atom is -0.458 e. The number of carbonyl (C=O) groups is 3. The summed E-state index contributed by atoms with van der Waals surface area (Å²) in [6.45, 7) is 7.61. The molecule has 188 valence electrons. The monoisotopic (exact) mass is 492 g/mol. The maximum absolute atomic E-state index is 12.1. The van der Waals surface area contributed by atoms with Crippen LogP contribution in [0.5, 0.6) is 17.2 Å². The molecule has 36 heavy (non-hydrogen) atoms. The van der Waals surface area contributed by atoms with Gasteiger partial charge in [0.2, 0.25) is 0 Å². The molecule has 1 atom stereocenters. The Morgan fingerprint density at radius 1 is 0.694 bits per heavy atom. The lowest BCUT2D eigenvalue weighted by Crippen LogP contribution is -2.27. The highest BCUT2D eigenvalue weighted by Gasteiger charge is 2.21. The Morgan fingerprint density at radius 3 is 1.75 bits per heavy atom. The third-order valence-electron chi connectivity index (χ3n) is 4.98. The Kier molecular flexibility index (Phi) is 8.67. The number of carbonyl (C=O) groups excluding carboxylic acids is 3. The third kappa shape index (κ3) is 8.16. The van der Waals surface area contributed by atoms with Crippen molar-refractivity contribution in [3.63, 3.8) is 0 Å². The lowest BCUT2D eigenvalue weighted by molar-refractivity contribution is -0.154. The van der Waals surface area contributed by atoms with Gasteiger partial charge in [0.1, 0.15) is 23.9 Å². The van der Waals surface area contributed by atoms with Crippen molar-refractivity contribution in [3.8, 4) is 17.2 Å². The highest BCUT2D eigenvalue weighted by Crippen LogP contribution is 2.24. The Morgan fingerprint density at radius 2 is 1.19 bits per heavy atom. The Hall–Kier alpha value is -4.33. The predicted octanol–water partition coefficient (Wildman–Crippen LogP) is 6.21. The summed E-state index contributed by atoms with van der Waals surface area (Å²) >= 11 is 0. The predicted molar refractivity (Wildman–Crippen MR) is 131 cm³/mol. The van der Waals surface area contributed by atoms with Crippen LogP contribution in [0.2, 0.25) is 0 Å². The summed E-state index contributed by atoms with van der Waals surface area (Å²) < 4.78 is 25.5.